The number of aromatic nitrogens is 4. The molecule has 0 saturated carbocycles. The van der Waals surface area contributed by atoms with Crippen molar-refractivity contribution in [3.05, 3.63) is 170 Å². The van der Waals surface area contributed by atoms with Crippen LogP contribution >= 0.6 is 11.3 Å². The van der Waals surface area contributed by atoms with Crippen LogP contribution in [0.3, 0.4) is 0 Å². The van der Waals surface area contributed by atoms with Crippen LogP contribution in [-0.4, -0.2) is 19.5 Å². The van der Waals surface area contributed by atoms with E-state index in [1.54, 1.807) is 0 Å². The van der Waals surface area contributed by atoms with E-state index in [0.717, 1.165) is 32.9 Å². The summed E-state index contributed by atoms with van der Waals surface area (Å²) in [6.45, 7) is 0. The zero-order valence-corrected chi connectivity index (χ0v) is 27.7. The molecular formula is C45H28N4S. The van der Waals surface area contributed by atoms with Gasteiger partial charge in [0, 0.05) is 42.1 Å². The third kappa shape index (κ3) is 4.63. The van der Waals surface area contributed by atoms with Crippen molar-refractivity contribution >= 4 is 53.3 Å². The minimum atomic E-state index is 0.594. The van der Waals surface area contributed by atoms with E-state index >= 15 is 0 Å². The van der Waals surface area contributed by atoms with E-state index in [4.69, 9.17) is 15.0 Å². The monoisotopic (exact) mass is 656 g/mol. The Morgan fingerprint density at radius 2 is 1.02 bits per heavy atom. The highest BCUT2D eigenvalue weighted by Gasteiger charge is 2.22. The molecule has 0 atom stereocenters. The van der Waals surface area contributed by atoms with Crippen molar-refractivity contribution in [3.63, 3.8) is 0 Å². The molecule has 0 radical (unpaired) electrons. The fraction of sp³-hybridized carbons (Fsp3) is 0. The van der Waals surface area contributed by atoms with Crippen molar-refractivity contribution in [1.29, 1.82) is 0 Å². The third-order valence-electron chi connectivity index (χ3n) is 9.47. The van der Waals surface area contributed by atoms with Gasteiger partial charge < -0.3 is 0 Å². The molecule has 0 amide bonds. The van der Waals surface area contributed by atoms with E-state index in [1.165, 1.54) is 42.4 Å². The minimum Gasteiger partial charge on any atom is -0.277 e. The van der Waals surface area contributed by atoms with Crippen LogP contribution in [0.15, 0.2) is 170 Å². The zero-order valence-electron chi connectivity index (χ0n) is 26.9. The molecule has 3 aromatic heterocycles. The van der Waals surface area contributed by atoms with Gasteiger partial charge in [-0.3, -0.25) is 4.57 Å². The van der Waals surface area contributed by atoms with Crippen molar-refractivity contribution < 1.29 is 0 Å². The molecule has 4 nitrogen and oxygen atoms in total. The summed E-state index contributed by atoms with van der Waals surface area (Å²) in [7, 11) is 0. The Balaban J connectivity index is 1.34. The standard InChI is InChI=1S/C45H28N4S/c1-5-14-29(15-6-1)33-24-26-38-37(28-33)35-25-27-39-40(36-23-13-22-34(42(36)50-39)30-16-7-2-8-17-30)41(35)49(38)45-47-43(31-18-9-3-10-19-31)46-44(48-45)32-20-11-4-12-21-32/h1-28H. The molecule has 0 fully saturated rings. The maximum atomic E-state index is 5.23. The summed E-state index contributed by atoms with van der Waals surface area (Å²) in [6, 6.07) is 59.6. The van der Waals surface area contributed by atoms with Crippen molar-refractivity contribution in [3.8, 4) is 51.0 Å². The first-order valence-corrected chi connectivity index (χ1v) is 17.5. The van der Waals surface area contributed by atoms with Gasteiger partial charge in [0.2, 0.25) is 5.95 Å². The van der Waals surface area contributed by atoms with Crippen molar-refractivity contribution in [2.24, 2.45) is 0 Å². The van der Waals surface area contributed by atoms with Crippen LogP contribution in [0.4, 0.5) is 0 Å². The number of hydrogen-bond acceptors (Lipinski definition) is 4. The molecule has 7 aromatic carbocycles. The SMILES string of the molecule is c1ccc(-c2ccc3c(c2)c2ccc4sc5c(-c6ccccc6)cccc5c4c2n3-c2nc(-c3ccccc3)nc(-c3ccccc3)n2)cc1. The molecule has 5 heteroatoms. The van der Waals surface area contributed by atoms with Gasteiger partial charge in [0.25, 0.3) is 0 Å². The molecule has 0 aliphatic heterocycles. The lowest BCUT2D eigenvalue weighted by atomic mass is 10.0. The average Bonchev–Trinajstić information content (AvgIpc) is 3.74. The van der Waals surface area contributed by atoms with Crippen LogP contribution in [0.5, 0.6) is 0 Å². The van der Waals surface area contributed by atoms with Gasteiger partial charge in [-0.05, 0) is 40.5 Å². The number of nitrogens with zero attached hydrogens (tertiary/aromatic N) is 4. The number of benzene rings is 7. The summed E-state index contributed by atoms with van der Waals surface area (Å²) >= 11 is 1.85. The van der Waals surface area contributed by atoms with Crippen molar-refractivity contribution in [2.45, 2.75) is 0 Å². The van der Waals surface area contributed by atoms with Gasteiger partial charge in [0.1, 0.15) is 0 Å². The molecular weight excluding hydrogens is 629 g/mol. The van der Waals surface area contributed by atoms with E-state index in [9.17, 15) is 0 Å². The number of rotatable bonds is 5. The van der Waals surface area contributed by atoms with Crippen molar-refractivity contribution in [1.82, 2.24) is 19.5 Å². The topological polar surface area (TPSA) is 43.6 Å². The minimum absolute atomic E-state index is 0.594. The Hall–Kier alpha value is -6.43. The lowest BCUT2D eigenvalue weighted by Crippen LogP contribution is -2.06. The maximum Gasteiger partial charge on any atom is 0.238 e. The van der Waals surface area contributed by atoms with Crippen LogP contribution < -0.4 is 0 Å². The number of hydrogen-bond donors (Lipinski definition) is 0. The first kappa shape index (κ1) is 28.6. The van der Waals surface area contributed by atoms with Crippen molar-refractivity contribution in [2.75, 3.05) is 0 Å². The van der Waals surface area contributed by atoms with Gasteiger partial charge in [-0.15, -0.1) is 11.3 Å². The van der Waals surface area contributed by atoms with Gasteiger partial charge in [-0.2, -0.15) is 9.97 Å². The molecule has 0 bridgehead atoms. The molecule has 0 unspecified atom stereocenters. The van der Waals surface area contributed by atoms with Gasteiger partial charge >= 0.3 is 0 Å². The summed E-state index contributed by atoms with van der Waals surface area (Å²) in [5.74, 6) is 1.87. The molecule has 3 heterocycles. The molecule has 10 rings (SSSR count). The Morgan fingerprint density at radius 1 is 0.420 bits per heavy atom. The molecule has 0 spiro atoms. The third-order valence-corrected chi connectivity index (χ3v) is 10.7. The first-order valence-electron chi connectivity index (χ1n) is 16.7. The second-order valence-electron chi connectivity index (χ2n) is 12.4. The first-order chi connectivity index (χ1) is 24.8. The smallest absolute Gasteiger partial charge is 0.238 e. The van der Waals surface area contributed by atoms with Gasteiger partial charge in [-0.25, -0.2) is 4.98 Å². The normalized spacial score (nSPS) is 11.6. The molecule has 10 aromatic rings. The number of thiophene rings is 1. The lowest BCUT2D eigenvalue weighted by Gasteiger charge is -2.12. The Bertz CT molecular complexity index is 2780. The van der Waals surface area contributed by atoms with E-state index in [-0.39, 0.29) is 0 Å². The molecule has 0 N–H and O–H groups in total. The Morgan fingerprint density at radius 3 is 1.66 bits per heavy atom. The quantitative estimate of drug-likeness (QED) is 0.185. The summed E-state index contributed by atoms with van der Waals surface area (Å²) in [4.78, 5) is 15.5. The zero-order chi connectivity index (χ0) is 33.0. The largest absolute Gasteiger partial charge is 0.277 e. The second kappa shape index (κ2) is 11.6. The number of fused-ring (bicyclic) bond motifs is 7. The summed E-state index contributed by atoms with van der Waals surface area (Å²) < 4.78 is 4.77. The lowest BCUT2D eigenvalue weighted by molar-refractivity contribution is 0.955. The van der Waals surface area contributed by atoms with Gasteiger partial charge in [0.15, 0.2) is 11.6 Å². The van der Waals surface area contributed by atoms with Crippen LogP contribution in [0.2, 0.25) is 0 Å². The highest BCUT2D eigenvalue weighted by molar-refractivity contribution is 7.26. The van der Waals surface area contributed by atoms with E-state index in [1.807, 2.05) is 47.7 Å². The Kier molecular flexibility index (Phi) is 6.64. The summed E-state index contributed by atoms with van der Waals surface area (Å²) in [5.41, 5.74) is 8.85. The molecule has 50 heavy (non-hydrogen) atoms. The van der Waals surface area contributed by atoms with Crippen LogP contribution in [-0.2, 0) is 0 Å². The molecule has 0 aliphatic rings. The van der Waals surface area contributed by atoms with Gasteiger partial charge in [0.05, 0.1) is 11.0 Å². The van der Waals surface area contributed by atoms with Crippen LogP contribution in [0.1, 0.15) is 0 Å². The average molecular weight is 657 g/mol. The van der Waals surface area contributed by atoms with Crippen LogP contribution in [0, 0.1) is 0 Å². The highest BCUT2D eigenvalue weighted by Crippen LogP contribution is 2.46. The molecule has 234 valence electrons. The second-order valence-corrected chi connectivity index (χ2v) is 13.5. The van der Waals surface area contributed by atoms with Crippen LogP contribution in [0.25, 0.3) is 93.0 Å². The van der Waals surface area contributed by atoms with E-state index in [2.05, 4.69) is 138 Å². The Labute approximate surface area is 292 Å². The highest BCUT2D eigenvalue weighted by atomic mass is 32.1. The van der Waals surface area contributed by atoms with E-state index in [0.29, 0.717) is 17.6 Å². The maximum absolute atomic E-state index is 5.23. The van der Waals surface area contributed by atoms with Gasteiger partial charge in [-0.1, -0.05) is 152 Å². The van der Waals surface area contributed by atoms with E-state index < -0.39 is 0 Å². The fourth-order valence-electron chi connectivity index (χ4n) is 7.15. The predicted octanol–water partition coefficient (Wildman–Crippen LogP) is 12.0. The molecule has 0 saturated heterocycles. The summed E-state index contributed by atoms with van der Waals surface area (Å²) in [6.07, 6.45) is 0. The summed E-state index contributed by atoms with van der Waals surface area (Å²) in [5, 5.41) is 4.76. The predicted molar refractivity (Wildman–Crippen MR) is 209 cm³/mol. The molecule has 0 aliphatic carbocycles. The fourth-order valence-corrected chi connectivity index (χ4v) is 8.39.